The van der Waals surface area contributed by atoms with Gasteiger partial charge < -0.3 is 4.74 Å². The molecule has 0 amide bonds. The molecule has 0 N–H and O–H groups in total. The Morgan fingerprint density at radius 3 is 2.35 bits per heavy atom. The van der Waals surface area contributed by atoms with Crippen molar-refractivity contribution in [3.63, 3.8) is 0 Å². The van der Waals surface area contributed by atoms with Gasteiger partial charge in [0.2, 0.25) is 0 Å². The van der Waals surface area contributed by atoms with Gasteiger partial charge in [0, 0.05) is 48.4 Å². The summed E-state index contributed by atoms with van der Waals surface area (Å²) in [5.41, 5.74) is 0.734. The standard InChI is InChI=1S/C17H19Cl2FN2O3S/c1-21(10-12-9-13(18)7-8-17(12)25-3)26(23,24)22(2)11-14-15(19)5-4-6-16(14)20/h4-9H,10-11H2,1-3H3. The van der Waals surface area contributed by atoms with Gasteiger partial charge in [-0.2, -0.15) is 17.0 Å². The molecule has 9 heteroatoms. The third-order valence-corrected chi connectivity index (χ3v) is 6.29. The van der Waals surface area contributed by atoms with Crippen molar-refractivity contribution < 1.29 is 17.5 Å². The molecule has 0 radical (unpaired) electrons. The van der Waals surface area contributed by atoms with E-state index in [9.17, 15) is 12.8 Å². The van der Waals surface area contributed by atoms with Crippen molar-refractivity contribution in [2.75, 3.05) is 21.2 Å². The summed E-state index contributed by atoms with van der Waals surface area (Å²) in [5.74, 6) is -0.0324. The zero-order valence-electron chi connectivity index (χ0n) is 14.5. The molecule has 0 saturated heterocycles. The monoisotopic (exact) mass is 420 g/mol. The first-order valence-corrected chi connectivity index (χ1v) is 9.75. The summed E-state index contributed by atoms with van der Waals surface area (Å²) in [6.45, 7) is -0.147. The summed E-state index contributed by atoms with van der Waals surface area (Å²) in [6.07, 6.45) is 0. The van der Waals surface area contributed by atoms with Crippen molar-refractivity contribution in [2.24, 2.45) is 0 Å². The van der Waals surface area contributed by atoms with E-state index in [2.05, 4.69) is 0 Å². The van der Waals surface area contributed by atoms with Gasteiger partial charge in [-0.05, 0) is 30.3 Å². The molecule has 0 heterocycles. The van der Waals surface area contributed by atoms with Crippen molar-refractivity contribution in [3.8, 4) is 5.75 Å². The van der Waals surface area contributed by atoms with Crippen LogP contribution in [0.15, 0.2) is 36.4 Å². The molecule has 142 valence electrons. The number of hydrogen-bond acceptors (Lipinski definition) is 3. The van der Waals surface area contributed by atoms with Gasteiger partial charge in [-0.15, -0.1) is 0 Å². The summed E-state index contributed by atoms with van der Waals surface area (Å²) in [6, 6.07) is 9.18. The Hall–Kier alpha value is -1.38. The van der Waals surface area contributed by atoms with Gasteiger partial charge in [-0.3, -0.25) is 0 Å². The molecule has 26 heavy (non-hydrogen) atoms. The van der Waals surface area contributed by atoms with Crippen molar-refractivity contribution in [3.05, 3.63) is 63.4 Å². The quantitative estimate of drug-likeness (QED) is 0.681. The van der Waals surface area contributed by atoms with E-state index in [-0.39, 0.29) is 23.7 Å². The van der Waals surface area contributed by atoms with Crippen LogP contribution in [-0.4, -0.2) is 38.2 Å². The van der Waals surface area contributed by atoms with Crippen molar-refractivity contribution in [1.29, 1.82) is 0 Å². The smallest absolute Gasteiger partial charge is 0.282 e. The van der Waals surface area contributed by atoms with Gasteiger partial charge in [0.05, 0.1) is 7.11 Å². The molecule has 0 aliphatic carbocycles. The third kappa shape index (κ3) is 4.66. The van der Waals surface area contributed by atoms with Crippen LogP contribution in [-0.2, 0) is 23.3 Å². The Labute approximate surface area is 163 Å². The highest BCUT2D eigenvalue weighted by Gasteiger charge is 2.26. The molecule has 0 unspecified atom stereocenters. The molecule has 0 bridgehead atoms. The Balaban J connectivity index is 2.22. The first-order chi connectivity index (χ1) is 12.2. The number of hydrogen-bond donors (Lipinski definition) is 0. The van der Waals surface area contributed by atoms with Gasteiger partial charge in [0.25, 0.3) is 10.2 Å². The van der Waals surface area contributed by atoms with E-state index in [4.69, 9.17) is 27.9 Å². The average Bonchev–Trinajstić information content (AvgIpc) is 2.58. The predicted molar refractivity (Wildman–Crippen MR) is 101 cm³/mol. The molecule has 0 aliphatic rings. The number of nitrogens with zero attached hydrogens (tertiary/aromatic N) is 2. The minimum atomic E-state index is -3.86. The first kappa shape index (κ1) is 20.9. The SMILES string of the molecule is COc1ccc(Cl)cc1CN(C)S(=O)(=O)N(C)Cc1c(F)cccc1Cl. The molecule has 2 aromatic carbocycles. The maximum absolute atomic E-state index is 13.9. The molecule has 0 saturated carbocycles. The van der Waals surface area contributed by atoms with E-state index in [1.54, 1.807) is 18.2 Å². The predicted octanol–water partition coefficient (Wildman–Crippen LogP) is 3.95. The number of ether oxygens (including phenoxy) is 1. The Kier molecular flexibility index (Phi) is 6.87. The highest BCUT2D eigenvalue weighted by atomic mass is 35.5. The van der Waals surface area contributed by atoms with Crippen molar-refractivity contribution >= 4 is 33.4 Å². The second kappa shape index (κ2) is 8.54. The van der Waals surface area contributed by atoms with Gasteiger partial charge in [-0.1, -0.05) is 29.3 Å². The van der Waals surface area contributed by atoms with E-state index in [1.807, 2.05) is 0 Å². The number of halogens is 3. The third-order valence-electron chi connectivity index (χ3n) is 3.87. The fourth-order valence-corrected chi connectivity index (χ4v) is 3.91. The molecular formula is C17H19Cl2FN2O3S. The fraction of sp³-hybridized carbons (Fsp3) is 0.294. The van der Waals surface area contributed by atoms with Gasteiger partial charge >= 0.3 is 0 Å². The van der Waals surface area contributed by atoms with Crippen LogP contribution in [0.3, 0.4) is 0 Å². The minimum Gasteiger partial charge on any atom is -0.496 e. The molecule has 0 aromatic heterocycles. The summed E-state index contributed by atoms with van der Waals surface area (Å²) in [5, 5.41) is 0.643. The summed E-state index contributed by atoms with van der Waals surface area (Å²) in [4.78, 5) is 0. The molecule has 0 atom stereocenters. The van der Waals surface area contributed by atoms with Crippen LogP contribution in [0.5, 0.6) is 5.75 Å². The minimum absolute atomic E-state index is 0.0431. The molecule has 0 spiro atoms. The van der Waals surface area contributed by atoms with Crippen LogP contribution >= 0.6 is 23.2 Å². The molecule has 2 rings (SSSR count). The van der Waals surface area contributed by atoms with E-state index in [0.717, 1.165) is 8.61 Å². The van der Waals surface area contributed by atoms with Gasteiger partial charge in [0.1, 0.15) is 11.6 Å². The maximum atomic E-state index is 13.9. The van der Waals surface area contributed by atoms with Crippen LogP contribution in [0.2, 0.25) is 10.0 Å². The fourth-order valence-electron chi connectivity index (χ4n) is 2.42. The molecule has 2 aromatic rings. The molecular weight excluding hydrogens is 402 g/mol. The topological polar surface area (TPSA) is 49.9 Å². The van der Waals surface area contributed by atoms with Crippen molar-refractivity contribution in [1.82, 2.24) is 8.61 Å². The second-order valence-electron chi connectivity index (χ2n) is 5.68. The zero-order chi connectivity index (χ0) is 19.5. The van der Waals surface area contributed by atoms with Crippen LogP contribution in [0.25, 0.3) is 0 Å². The molecule has 0 fully saturated rings. The van der Waals surface area contributed by atoms with E-state index in [0.29, 0.717) is 16.3 Å². The van der Waals surface area contributed by atoms with Crippen LogP contribution in [0.1, 0.15) is 11.1 Å². The lowest BCUT2D eigenvalue weighted by Crippen LogP contribution is -2.39. The maximum Gasteiger partial charge on any atom is 0.282 e. The highest BCUT2D eigenvalue weighted by molar-refractivity contribution is 7.86. The highest BCUT2D eigenvalue weighted by Crippen LogP contribution is 2.26. The van der Waals surface area contributed by atoms with Crippen LogP contribution in [0, 0.1) is 5.82 Å². The number of methoxy groups -OCH3 is 1. The van der Waals surface area contributed by atoms with Crippen molar-refractivity contribution in [2.45, 2.75) is 13.1 Å². The lowest BCUT2D eigenvalue weighted by molar-refractivity contribution is 0.371. The lowest BCUT2D eigenvalue weighted by atomic mass is 10.2. The first-order valence-electron chi connectivity index (χ1n) is 7.59. The van der Waals surface area contributed by atoms with Crippen LogP contribution < -0.4 is 4.74 Å². The number of benzene rings is 2. The second-order valence-corrected chi connectivity index (χ2v) is 8.66. The van der Waals surface area contributed by atoms with Crippen LogP contribution in [0.4, 0.5) is 4.39 Å². The lowest BCUT2D eigenvalue weighted by Gasteiger charge is -2.25. The van der Waals surface area contributed by atoms with Gasteiger partial charge in [0.15, 0.2) is 0 Å². The molecule has 0 aliphatic heterocycles. The average molecular weight is 421 g/mol. The largest absolute Gasteiger partial charge is 0.496 e. The molecule has 5 nitrogen and oxygen atoms in total. The Bertz CT molecular complexity index is 873. The zero-order valence-corrected chi connectivity index (χ0v) is 16.9. The van der Waals surface area contributed by atoms with Gasteiger partial charge in [-0.25, -0.2) is 4.39 Å². The summed E-state index contributed by atoms with van der Waals surface area (Å²) >= 11 is 12.0. The Morgan fingerprint density at radius 1 is 1.08 bits per heavy atom. The summed E-state index contributed by atoms with van der Waals surface area (Å²) in [7, 11) is 0.420. The van der Waals surface area contributed by atoms with E-state index >= 15 is 0 Å². The number of rotatable bonds is 7. The normalized spacial score (nSPS) is 12.0. The summed E-state index contributed by atoms with van der Waals surface area (Å²) < 4.78 is 46.9. The van der Waals surface area contributed by atoms with E-state index in [1.165, 1.54) is 39.4 Å². The Morgan fingerprint density at radius 2 is 1.73 bits per heavy atom. The van der Waals surface area contributed by atoms with E-state index < -0.39 is 16.0 Å².